The minimum atomic E-state index is -0.799. The lowest BCUT2D eigenvalue weighted by Gasteiger charge is -2.09. The van der Waals surface area contributed by atoms with Crippen molar-refractivity contribution < 1.29 is 24.5 Å². The normalized spacial score (nSPS) is 15.7. The molecule has 0 saturated carbocycles. The number of halogens is 1. The van der Waals surface area contributed by atoms with Gasteiger partial charge >= 0.3 is 5.97 Å². The molecule has 1 atom stereocenters. The molecule has 0 saturated heterocycles. The second-order valence-corrected chi connectivity index (χ2v) is 7.02. The molecule has 28 heavy (non-hydrogen) atoms. The Labute approximate surface area is 170 Å². The molecule has 0 unspecified atom stereocenters. The zero-order chi connectivity index (χ0) is 20.4. The van der Waals surface area contributed by atoms with Gasteiger partial charge in [0.1, 0.15) is 18.5 Å². The van der Waals surface area contributed by atoms with Gasteiger partial charge in [-0.15, -0.1) is 0 Å². The van der Waals surface area contributed by atoms with Crippen molar-refractivity contribution in [1.29, 1.82) is 0 Å². The fourth-order valence-corrected chi connectivity index (χ4v) is 3.05. The SMILES string of the molecule is O=C(O)CCC/C=C\CC1=C(/C=C/[C@@H](O)COc2cccc(Cl)c2)CCC1=O. The zero-order valence-corrected chi connectivity index (χ0v) is 16.4. The van der Waals surface area contributed by atoms with Crippen molar-refractivity contribution in [1.82, 2.24) is 0 Å². The molecule has 1 aliphatic carbocycles. The van der Waals surface area contributed by atoms with Crippen LogP contribution in [0.4, 0.5) is 0 Å². The number of carbonyl (C=O) groups is 2. The average molecular weight is 405 g/mol. The Morgan fingerprint density at radius 3 is 2.86 bits per heavy atom. The summed E-state index contributed by atoms with van der Waals surface area (Å²) in [6.07, 6.45) is 9.55. The monoisotopic (exact) mass is 404 g/mol. The number of unbranched alkanes of at least 4 members (excludes halogenated alkanes) is 1. The molecule has 0 spiro atoms. The smallest absolute Gasteiger partial charge is 0.303 e. The minimum Gasteiger partial charge on any atom is -0.491 e. The van der Waals surface area contributed by atoms with Crippen LogP contribution in [0.1, 0.15) is 38.5 Å². The number of hydrogen-bond acceptors (Lipinski definition) is 4. The number of Topliss-reactive ketones (excluding diaryl/α,β-unsaturated/α-hetero) is 1. The van der Waals surface area contributed by atoms with E-state index < -0.39 is 12.1 Å². The summed E-state index contributed by atoms with van der Waals surface area (Å²) < 4.78 is 5.51. The highest BCUT2D eigenvalue weighted by Gasteiger charge is 2.20. The van der Waals surface area contributed by atoms with Crippen molar-refractivity contribution in [2.75, 3.05) is 6.61 Å². The van der Waals surface area contributed by atoms with Gasteiger partial charge in [-0.1, -0.05) is 42.0 Å². The Balaban J connectivity index is 1.85. The van der Waals surface area contributed by atoms with E-state index in [1.54, 1.807) is 36.4 Å². The Hall–Kier alpha value is -2.37. The first-order valence-corrected chi connectivity index (χ1v) is 9.70. The van der Waals surface area contributed by atoms with Crippen molar-refractivity contribution in [2.24, 2.45) is 0 Å². The molecule has 0 bridgehead atoms. The number of rotatable bonds is 11. The van der Waals surface area contributed by atoms with Gasteiger partial charge in [0, 0.05) is 23.4 Å². The van der Waals surface area contributed by atoms with Crippen LogP contribution in [-0.2, 0) is 9.59 Å². The van der Waals surface area contributed by atoms with Gasteiger partial charge < -0.3 is 14.9 Å². The largest absolute Gasteiger partial charge is 0.491 e. The first kappa shape index (κ1) is 21.9. The lowest BCUT2D eigenvalue weighted by atomic mass is 10.1. The van der Waals surface area contributed by atoms with Crippen molar-refractivity contribution >= 4 is 23.4 Å². The topological polar surface area (TPSA) is 83.8 Å². The summed E-state index contributed by atoms with van der Waals surface area (Å²) in [6.45, 7) is 0.0941. The number of ether oxygens (including phenoxy) is 1. The fourth-order valence-electron chi connectivity index (χ4n) is 2.87. The fraction of sp³-hybridized carbons (Fsp3) is 0.364. The Kier molecular flexibility index (Phi) is 8.98. The second kappa shape index (κ2) is 11.5. The molecule has 2 N–H and O–H groups in total. The summed E-state index contributed by atoms with van der Waals surface area (Å²) in [5, 5.41) is 19.3. The zero-order valence-electron chi connectivity index (χ0n) is 15.6. The first-order valence-electron chi connectivity index (χ1n) is 9.32. The van der Waals surface area contributed by atoms with E-state index in [2.05, 4.69) is 0 Å². The standard InChI is InChI=1S/C22H25ClO5/c23-17-6-5-7-19(14-17)28-15-18(24)12-10-16-11-13-21(25)20(16)8-3-1-2-4-9-22(26)27/h1,3,5-7,10,12,14,18,24H,2,4,8-9,11,13,15H2,(H,26,27)/b3-1-,12-10+/t18-/m1/s1. The van der Waals surface area contributed by atoms with Gasteiger partial charge in [0.15, 0.2) is 5.78 Å². The molecule has 0 heterocycles. The van der Waals surface area contributed by atoms with Crippen LogP contribution in [0.2, 0.25) is 5.02 Å². The molecule has 1 aliphatic rings. The van der Waals surface area contributed by atoms with Crippen LogP contribution in [0.15, 0.2) is 59.7 Å². The molecule has 1 aromatic carbocycles. The number of carboxylic acid groups (broad SMARTS) is 1. The van der Waals surface area contributed by atoms with Crippen LogP contribution >= 0.6 is 11.6 Å². The summed E-state index contributed by atoms with van der Waals surface area (Å²) >= 11 is 5.89. The van der Waals surface area contributed by atoms with Gasteiger partial charge in [-0.3, -0.25) is 9.59 Å². The van der Waals surface area contributed by atoms with E-state index in [0.29, 0.717) is 42.9 Å². The summed E-state index contributed by atoms with van der Waals surface area (Å²) in [4.78, 5) is 22.6. The van der Waals surface area contributed by atoms with E-state index in [1.165, 1.54) is 0 Å². The maximum atomic E-state index is 12.1. The summed E-state index contributed by atoms with van der Waals surface area (Å²) in [5.41, 5.74) is 1.69. The lowest BCUT2D eigenvalue weighted by Crippen LogP contribution is -2.14. The van der Waals surface area contributed by atoms with E-state index >= 15 is 0 Å². The number of aliphatic carboxylic acids is 1. The molecule has 0 fully saturated rings. The maximum absolute atomic E-state index is 12.1. The number of ketones is 1. The molecule has 150 valence electrons. The minimum absolute atomic E-state index is 0.0941. The third-order valence-electron chi connectivity index (χ3n) is 4.33. The highest BCUT2D eigenvalue weighted by atomic mass is 35.5. The van der Waals surface area contributed by atoms with Crippen LogP contribution < -0.4 is 4.74 Å². The predicted octanol–water partition coefficient (Wildman–Crippen LogP) is 4.50. The second-order valence-electron chi connectivity index (χ2n) is 6.58. The molecular weight excluding hydrogens is 380 g/mol. The molecule has 1 aromatic rings. The first-order chi connectivity index (χ1) is 13.5. The van der Waals surface area contributed by atoms with Gasteiger partial charge in [-0.05, 0) is 49.5 Å². The van der Waals surface area contributed by atoms with E-state index in [-0.39, 0.29) is 18.8 Å². The third-order valence-corrected chi connectivity index (χ3v) is 4.57. The molecule has 5 nitrogen and oxygen atoms in total. The van der Waals surface area contributed by atoms with E-state index in [9.17, 15) is 14.7 Å². The Bertz CT molecular complexity index is 779. The molecule has 0 amide bonds. The van der Waals surface area contributed by atoms with E-state index in [0.717, 1.165) is 11.1 Å². The number of carbonyl (C=O) groups excluding carboxylic acids is 1. The van der Waals surface area contributed by atoms with Gasteiger partial charge in [-0.25, -0.2) is 0 Å². The van der Waals surface area contributed by atoms with E-state index in [1.807, 2.05) is 12.2 Å². The Morgan fingerprint density at radius 2 is 2.11 bits per heavy atom. The molecule has 2 rings (SSSR count). The average Bonchev–Trinajstić information content (AvgIpc) is 3.01. The Morgan fingerprint density at radius 1 is 1.29 bits per heavy atom. The number of aliphatic hydroxyl groups excluding tert-OH is 1. The molecular formula is C22H25ClO5. The van der Waals surface area contributed by atoms with Gasteiger partial charge in [0.05, 0.1) is 0 Å². The van der Waals surface area contributed by atoms with Crippen molar-refractivity contribution in [3.05, 3.63) is 64.7 Å². The van der Waals surface area contributed by atoms with Gasteiger partial charge in [0.25, 0.3) is 0 Å². The number of carboxylic acids is 1. The number of aliphatic hydroxyl groups is 1. The van der Waals surface area contributed by atoms with Crippen LogP contribution in [0.5, 0.6) is 5.75 Å². The van der Waals surface area contributed by atoms with Crippen molar-refractivity contribution in [2.45, 2.75) is 44.6 Å². The molecule has 0 radical (unpaired) electrons. The van der Waals surface area contributed by atoms with Crippen LogP contribution in [-0.4, -0.2) is 34.7 Å². The van der Waals surface area contributed by atoms with Gasteiger partial charge in [-0.2, -0.15) is 0 Å². The van der Waals surface area contributed by atoms with Crippen LogP contribution in [0.25, 0.3) is 0 Å². The highest BCUT2D eigenvalue weighted by Crippen LogP contribution is 2.27. The van der Waals surface area contributed by atoms with E-state index in [4.69, 9.17) is 21.4 Å². The highest BCUT2D eigenvalue weighted by molar-refractivity contribution is 6.30. The quantitative estimate of drug-likeness (QED) is 0.419. The third kappa shape index (κ3) is 7.71. The van der Waals surface area contributed by atoms with Gasteiger partial charge in [0.2, 0.25) is 0 Å². The number of allylic oxidation sites excluding steroid dienone is 5. The molecule has 6 heteroatoms. The maximum Gasteiger partial charge on any atom is 0.303 e. The number of benzene rings is 1. The molecule has 0 aromatic heterocycles. The van der Waals surface area contributed by atoms with Crippen LogP contribution in [0.3, 0.4) is 0 Å². The summed E-state index contributed by atoms with van der Waals surface area (Å²) in [6, 6.07) is 6.96. The lowest BCUT2D eigenvalue weighted by molar-refractivity contribution is -0.137. The number of hydrogen-bond donors (Lipinski definition) is 2. The molecule has 0 aliphatic heterocycles. The van der Waals surface area contributed by atoms with Crippen molar-refractivity contribution in [3.8, 4) is 5.75 Å². The van der Waals surface area contributed by atoms with Crippen LogP contribution in [0, 0.1) is 0 Å². The predicted molar refractivity (Wildman–Crippen MR) is 109 cm³/mol. The van der Waals surface area contributed by atoms with Crippen molar-refractivity contribution in [3.63, 3.8) is 0 Å². The summed E-state index contributed by atoms with van der Waals surface area (Å²) in [7, 11) is 0. The summed E-state index contributed by atoms with van der Waals surface area (Å²) in [5.74, 6) is -0.0872.